The third kappa shape index (κ3) is 5.02. The van der Waals surface area contributed by atoms with E-state index in [1.54, 1.807) is 35.3 Å². The van der Waals surface area contributed by atoms with Crippen LogP contribution in [0.2, 0.25) is 10.0 Å². The Bertz CT molecular complexity index is 1030. The number of halogens is 2. The fourth-order valence-corrected chi connectivity index (χ4v) is 3.85. The summed E-state index contributed by atoms with van der Waals surface area (Å²) in [6.45, 7) is 4.90. The number of ether oxygens (including phenoxy) is 4. The van der Waals surface area contributed by atoms with Crippen LogP contribution >= 0.6 is 23.2 Å². The highest BCUT2D eigenvalue weighted by atomic mass is 35.5. The van der Waals surface area contributed by atoms with Gasteiger partial charge in [-0.25, -0.2) is 9.67 Å². The lowest BCUT2D eigenvalue weighted by molar-refractivity contribution is -0.190. The van der Waals surface area contributed by atoms with Gasteiger partial charge in [0.05, 0.1) is 11.6 Å². The van der Waals surface area contributed by atoms with Crippen molar-refractivity contribution in [3.8, 4) is 11.5 Å². The molecule has 0 saturated carbocycles. The molecule has 0 unspecified atom stereocenters. The third-order valence-electron chi connectivity index (χ3n) is 4.67. The first kappa shape index (κ1) is 21.6. The molecule has 4 rings (SSSR count). The number of aromatic nitrogens is 3. The lowest BCUT2D eigenvalue weighted by atomic mass is 10.1. The van der Waals surface area contributed by atoms with Crippen molar-refractivity contribution < 1.29 is 18.9 Å². The van der Waals surface area contributed by atoms with Crippen molar-refractivity contribution in [1.82, 2.24) is 14.8 Å². The van der Waals surface area contributed by atoms with Crippen LogP contribution in [0.25, 0.3) is 0 Å². The summed E-state index contributed by atoms with van der Waals surface area (Å²) in [7, 11) is 0. The Morgan fingerprint density at radius 3 is 2.71 bits per heavy atom. The summed E-state index contributed by atoms with van der Waals surface area (Å²) in [6, 6.07) is 12.6. The van der Waals surface area contributed by atoms with Gasteiger partial charge >= 0.3 is 0 Å². The summed E-state index contributed by atoms with van der Waals surface area (Å²) in [4.78, 5) is 4.00. The molecule has 0 bridgehead atoms. The zero-order valence-electron chi connectivity index (χ0n) is 16.6. The topological polar surface area (TPSA) is 67.6 Å². The second kappa shape index (κ2) is 9.70. The molecule has 2 atom stereocenters. The molecule has 0 aliphatic carbocycles. The van der Waals surface area contributed by atoms with Crippen molar-refractivity contribution in [1.29, 1.82) is 0 Å². The number of hydrogen-bond acceptors (Lipinski definition) is 6. The molecule has 31 heavy (non-hydrogen) atoms. The summed E-state index contributed by atoms with van der Waals surface area (Å²) < 4.78 is 25.8. The van der Waals surface area contributed by atoms with Gasteiger partial charge in [0.1, 0.15) is 38.5 Å². The van der Waals surface area contributed by atoms with E-state index >= 15 is 0 Å². The van der Waals surface area contributed by atoms with Crippen molar-refractivity contribution in [3.63, 3.8) is 0 Å². The standard InChI is InChI=1S/C22H21Cl2N3O4/c1-2-9-28-20-5-3-4-6-21(20)29-11-17-12-30-22(31-17,13-27-15-25-14-26-27)18-8-7-16(23)10-19(18)24/h2-8,10,14-15,17H,1,9,11-13H2/t17-,22-/m1/s1. The van der Waals surface area contributed by atoms with Gasteiger partial charge in [-0.2, -0.15) is 5.10 Å². The van der Waals surface area contributed by atoms with Gasteiger partial charge in [0.25, 0.3) is 0 Å². The van der Waals surface area contributed by atoms with E-state index in [0.29, 0.717) is 40.3 Å². The van der Waals surface area contributed by atoms with Gasteiger partial charge in [-0.15, -0.1) is 0 Å². The van der Waals surface area contributed by atoms with E-state index in [0.717, 1.165) is 0 Å². The van der Waals surface area contributed by atoms with Gasteiger partial charge < -0.3 is 18.9 Å². The molecule has 7 nitrogen and oxygen atoms in total. The predicted octanol–water partition coefficient (Wildman–Crippen LogP) is 4.50. The maximum atomic E-state index is 6.48. The molecule has 0 radical (unpaired) electrons. The molecule has 3 aromatic rings. The highest BCUT2D eigenvalue weighted by molar-refractivity contribution is 6.35. The van der Waals surface area contributed by atoms with Gasteiger partial charge in [-0.05, 0) is 24.3 Å². The predicted molar refractivity (Wildman–Crippen MR) is 117 cm³/mol. The summed E-state index contributed by atoms with van der Waals surface area (Å²) in [5.74, 6) is 0.101. The van der Waals surface area contributed by atoms with Crippen LogP contribution in [0, 0.1) is 0 Å². The maximum absolute atomic E-state index is 6.48. The van der Waals surface area contributed by atoms with E-state index in [4.69, 9.17) is 42.1 Å². The Morgan fingerprint density at radius 2 is 2.00 bits per heavy atom. The van der Waals surface area contributed by atoms with Crippen LogP contribution in [0.1, 0.15) is 5.56 Å². The smallest absolute Gasteiger partial charge is 0.217 e. The highest BCUT2D eigenvalue weighted by Gasteiger charge is 2.45. The lowest BCUT2D eigenvalue weighted by Crippen LogP contribution is -2.35. The molecular formula is C22H21Cl2N3O4. The Kier molecular flexibility index (Phi) is 6.77. The second-order valence-electron chi connectivity index (χ2n) is 6.88. The molecule has 0 N–H and O–H groups in total. The van der Waals surface area contributed by atoms with Gasteiger partial charge in [0, 0.05) is 10.6 Å². The van der Waals surface area contributed by atoms with Crippen molar-refractivity contribution in [3.05, 3.63) is 83.4 Å². The van der Waals surface area contributed by atoms with Gasteiger partial charge in [-0.3, -0.25) is 0 Å². The first-order valence-electron chi connectivity index (χ1n) is 9.65. The average Bonchev–Trinajstić information content (AvgIpc) is 3.42. The zero-order chi connectivity index (χ0) is 21.7. The monoisotopic (exact) mass is 461 g/mol. The summed E-state index contributed by atoms with van der Waals surface area (Å²) in [6.07, 6.45) is 4.38. The molecule has 1 fully saturated rings. The minimum atomic E-state index is -1.15. The molecule has 2 aromatic carbocycles. The van der Waals surface area contributed by atoms with Gasteiger partial charge in [0.15, 0.2) is 11.5 Å². The highest BCUT2D eigenvalue weighted by Crippen LogP contribution is 2.40. The molecule has 9 heteroatoms. The number of benzene rings is 2. The van der Waals surface area contributed by atoms with Gasteiger partial charge in [-0.1, -0.05) is 54.1 Å². The number of rotatable bonds is 9. The van der Waals surface area contributed by atoms with E-state index < -0.39 is 5.79 Å². The van der Waals surface area contributed by atoms with Gasteiger partial charge in [0.2, 0.25) is 5.79 Å². The van der Waals surface area contributed by atoms with Crippen molar-refractivity contribution in [2.45, 2.75) is 18.4 Å². The van der Waals surface area contributed by atoms with Crippen LogP contribution in [0.15, 0.2) is 67.8 Å². The molecule has 2 heterocycles. The van der Waals surface area contributed by atoms with Crippen LogP contribution in [-0.4, -0.2) is 40.7 Å². The van der Waals surface area contributed by atoms with E-state index in [2.05, 4.69) is 16.7 Å². The van der Waals surface area contributed by atoms with E-state index in [1.165, 1.54) is 6.33 Å². The molecule has 0 spiro atoms. The van der Waals surface area contributed by atoms with Crippen molar-refractivity contribution in [2.24, 2.45) is 0 Å². The first-order chi connectivity index (χ1) is 15.1. The molecule has 1 saturated heterocycles. The van der Waals surface area contributed by atoms with E-state index in [1.807, 2.05) is 24.3 Å². The van der Waals surface area contributed by atoms with E-state index in [9.17, 15) is 0 Å². The fraction of sp³-hybridized carbons (Fsp3) is 0.273. The number of para-hydroxylation sites is 2. The zero-order valence-corrected chi connectivity index (χ0v) is 18.1. The van der Waals surface area contributed by atoms with Crippen LogP contribution in [0.4, 0.5) is 0 Å². The average molecular weight is 462 g/mol. The number of nitrogens with zero attached hydrogens (tertiary/aromatic N) is 3. The normalized spacial score (nSPS) is 20.5. The van der Waals surface area contributed by atoms with Crippen LogP contribution in [0.5, 0.6) is 11.5 Å². The lowest BCUT2D eigenvalue weighted by Gasteiger charge is -2.29. The van der Waals surface area contributed by atoms with E-state index in [-0.39, 0.29) is 19.3 Å². The molecular weight excluding hydrogens is 441 g/mol. The minimum Gasteiger partial charge on any atom is -0.487 e. The van der Waals surface area contributed by atoms with Crippen LogP contribution < -0.4 is 9.47 Å². The quantitative estimate of drug-likeness (QED) is 0.437. The second-order valence-corrected chi connectivity index (χ2v) is 7.72. The SMILES string of the molecule is C=CCOc1ccccc1OC[C@@H]1CO[C@@](Cn2cncn2)(c2ccc(Cl)cc2Cl)O1. The summed E-state index contributed by atoms with van der Waals surface area (Å²) in [5.41, 5.74) is 0.659. The molecule has 1 aliphatic rings. The largest absolute Gasteiger partial charge is 0.487 e. The fourth-order valence-electron chi connectivity index (χ4n) is 3.30. The molecule has 1 aliphatic heterocycles. The molecule has 1 aromatic heterocycles. The molecule has 0 amide bonds. The Hall–Kier alpha value is -2.58. The maximum Gasteiger partial charge on any atom is 0.217 e. The van der Waals surface area contributed by atoms with Crippen molar-refractivity contribution in [2.75, 3.05) is 19.8 Å². The number of hydrogen-bond donors (Lipinski definition) is 0. The Balaban J connectivity index is 1.52. The Morgan fingerprint density at radius 1 is 1.19 bits per heavy atom. The summed E-state index contributed by atoms with van der Waals surface area (Å²) in [5, 5.41) is 5.15. The summed E-state index contributed by atoms with van der Waals surface area (Å²) >= 11 is 12.6. The minimum absolute atomic E-state index is 0.263. The molecule has 162 valence electrons. The van der Waals surface area contributed by atoms with Crippen LogP contribution in [0.3, 0.4) is 0 Å². The third-order valence-corrected chi connectivity index (χ3v) is 5.22. The Labute approximate surface area is 190 Å². The van der Waals surface area contributed by atoms with Crippen molar-refractivity contribution >= 4 is 23.2 Å². The first-order valence-corrected chi connectivity index (χ1v) is 10.4. The van der Waals surface area contributed by atoms with Crippen LogP contribution in [-0.2, 0) is 21.8 Å².